The summed E-state index contributed by atoms with van der Waals surface area (Å²) in [6, 6.07) is 8.02. The molecule has 1 aromatic heterocycles. The second kappa shape index (κ2) is 7.17. The first-order valence-corrected chi connectivity index (χ1v) is 7.76. The van der Waals surface area contributed by atoms with Crippen molar-refractivity contribution in [3.63, 3.8) is 0 Å². The fourth-order valence-corrected chi connectivity index (χ4v) is 3.46. The predicted molar refractivity (Wildman–Crippen MR) is 96.9 cm³/mol. The smallest absolute Gasteiger partial charge is 0.410 e. The average Bonchev–Trinajstić information content (AvgIpc) is 2.99. The van der Waals surface area contributed by atoms with E-state index in [2.05, 4.69) is 14.9 Å². The van der Waals surface area contributed by atoms with E-state index in [-0.39, 0.29) is 36.5 Å². The Morgan fingerprint density at radius 1 is 1.25 bits per heavy atom. The summed E-state index contributed by atoms with van der Waals surface area (Å²) >= 11 is 0. The highest BCUT2D eigenvalue weighted by atomic mass is 35.5. The van der Waals surface area contributed by atoms with Gasteiger partial charge in [-0.25, -0.2) is 9.78 Å². The molecule has 0 unspecified atom stereocenters. The number of halogens is 2. The Kier molecular flexibility index (Phi) is 5.63. The first-order chi connectivity index (χ1) is 10.7. The van der Waals surface area contributed by atoms with E-state index in [1.807, 2.05) is 31.3 Å². The number of amides is 1. The Labute approximate surface area is 153 Å². The molecule has 0 atom stereocenters. The first kappa shape index (κ1) is 18.8. The number of aromatic nitrogens is 2. The Morgan fingerprint density at radius 3 is 2.67 bits per heavy atom. The summed E-state index contributed by atoms with van der Waals surface area (Å²) in [6.45, 7) is 2.98. The maximum Gasteiger partial charge on any atom is 0.410 e. The molecule has 1 spiro atoms. The molecule has 8 heteroatoms. The average molecular weight is 373 g/mol. The molecule has 2 aromatic rings. The third-order valence-electron chi connectivity index (χ3n) is 4.77. The summed E-state index contributed by atoms with van der Waals surface area (Å²) < 4.78 is 7.75. The third kappa shape index (κ3) is 3.18. The fourth-order valence-electron chi connectivity index (χ4n) is 3.46. The highest BCUT2D eigenvalue weighted by molar-refractivity contribution is 5.85. The predicted octanol–water partition coefficient (Wildman–Crippen LogP) is 2.49. The zero-order valence-electron chi connectivity index (χ0n) is 13.5. The quantitative estimate of drug-likeness (QED) is 0.879. The highest BCUT2D eigenvalue weighted by Gasteiger charge is 2.45. The molecule has 2 aliphatic heterocycles. The van der Waals surface area contributed by atoms with Crippen molar-refractivity contribution in [3.8, 4) is 0 Å². The van der Waals surface area contributed by atoms with Crippen molar-refractivity contribution in [3.05, 3.63) is 30.1 Å². The SMILES string of the molecule is Cl.Cl.Cn1c(CN2CC3(CCNCC3)OC2=O)nc2ccccc21. The number of hydrogen-bond donors (Lipinski definition) is 1. The number of imidazole rings is 1. The topological polar surface area (TPSA) is 59.4 Å². The number of aryl methyl sites for hydroxylation is 1. The van der Waals surface area contributed by atoms with Crippen LogP contribution in [0, 0.1) is 0 Å². The van der Waals surface area contributed by atoms with Gasteiger partial charge in [0.25, 0.3) is 0 Å². The standard InChI is InChI=1S/C16H20N4O2.2ClH/c1-19-13-5-3-2-4-12(13)18-14(19)10-20-11-16(22-15(20)21)6-8-17-9-7-16;;/h2-5,17H,6-11H2,1H3;2*1H. The van der Waals surface area contributed by atoms with E-state index >= 15 is 0 Å². The number of nitrogens with one attached hydrogen (secondary N) is 1. The number of para-hydroxylation sites is 2. The molecular formula is C16H22Cl2N4O2. The fraction of sp³-hybridized carbons (Fsp3) is 0.500. The van der Waals surface area contributed by atoms with Crippen LogP contribution in [0.1, 0.15) is 18.7 Å². The molecule has 132 valence electrons. The molecule has 1 N–H and O–H groups in total. The van der Waals surface area contributed by atoms with Gasteiger partial charge in [0, 0.05) is 19.9 Å². The van der Waals surface area contributed by atoms with Crippen molar-refractivity contribution in [2.24, 2.45) is 7.05 Å². The lowest BCUT2D eigenvalue weighted by Gasteiger charge is -2.31. The van der Waals surface area contributed by atoms with Crippen LogP contribution in [0.2, 0.25) is 0 Å². The minimum absolute atomic E-state index is 0. The summed E-state index contributed by atoms with van der Waals surface area (Å²) in [6.07, 6.45) is 1.56. The van der Waals surface area contributed by atoms with Gasteiger partial charge in [0.1, 0.15) is 11.4 Å². The normalized spacial score (nSPS) is 19.0. The summed E-state index contributed by atoms with van der Waals surface area (Å²) in [5.41, 5.74) is 1.75. The zero-order chi connectivity index (χ0) is 15.2. The molecule has 1 aromatic carbocycles. The number of fused-ring (bicyclic) bond motifs is 1. The van der Waals surface area contributed by atoms with Gasteiger partial charge in [0.05, 0.1) is 24.1 Å². The molecule has 4 rings (SSSR count). The Bertz CT molecular complexity index is 728. The van der Waals surface area contributed by atoms with Crippen LogP contribution in [0.25, 0.3) is 11.0 Å². The molecule has 2 fully saturated rings. The van der Waals surface area contributed by atoms with Crippen LogP contribution >= 0.6 is 24.8 Å². The second-order valence-corrected chi connectivity index (χ2v) is 6.23. The van der Waals surface area contributed by atoms with E-state index in [1.165, 1.54) is 0 Å². The number of rotatable bonds is 2. The second-order valence-electron chi connectivity index (χ2n) is 6.23. The monoisotopic (exact) mass is 372 g/mol. The lowest BCUT2D eigenvalue weighted by molar-refractivity contribution is 0.0316. The van der Waals surface area contributed by atoms with Crippen molar-refractivity contribution in [1.82, 2.24) is 19.8 Å². The molecular weight excluding hydrogens is 351 g/mol. The molecule has 6 nitrogen and oxygen atoms in total. The Morgan fingerprint density at radius 2 is 1.96 bits per heavy atom. The number of piperidine rings is 1. The first-order valence-electron chi connectivity index (χ1n) is 7.76. The van der Waals surface area contributed by atoms with Gasteiger partial charge in [-0.1, -0.05) is 12.1 Å². The lowest BCUT2D eigenvalue weighted by Crippen LogP contribution is -2.44. The van der Waals surface area contributed by atoms with Crippen molar-refractivity contribution >= 4 is 41.9 Å². The molecule has 0 bridgehead atoms. The number of nitrogens with zero attached hydrogens (tertiary/aromatic N) is 3. The summed E-state index contributed by atoms with van der Waals surface area (Å²) in [4.78, 5) is 18.7. The van der Waals surface area contributed by atoms with Gasteiger partial charge in [-0.05, 0) is 25.2 Å². The third-order valence-corrected chi connectivity index (χ3v) is 4.77. The lowest BCUT2D eigenvalue weighted by atomic mass is 9.92. The van der Waals surface area contributed by atoms with Gasteiger partial charge in [-0.15, -0.1) is 24.8 Å². The van der Waals surface area contributed by atoms with Gasteiger partial charge in [-0.3, -0.25) is 4.90 Å². The molecule has 0 radical (unpaired) electrons. The van der Waals surface area contributed by atoms with Gasteiger partial charge >= 0.3 is 6.09 Å². The van der Waals surface area contributed by atoms with Crippen molar-refractivity contribution in [2.75, 3.05) is 19.6 Å². The van der Waals surface area contributed by atoms with E-state index in [0.717, 1.165) is 42.8 Å². The van der Waals surface area contributed by atoms with Crippen molar-refractivity contribution in [2.45, 2.75) is 25.0 Å². The summed E-state index contributed by atoms with van der Waals surface area (Å²) in [7, 11) is 1.99. The Hall–Kier alpha value is -1.50. The van der Waals surface area contributed by atoms with E-state index in [9.17, 15) is 4.79 Å². The minimum Gasteiger partial charge on any atom is -0.441 e. The van der Waals surface area contributed by atoms with Crippen LogP contribution in [-0.4, -0.2) is 45.8 Å². The van der Waals surface area contributed by atoms with Gasteiger partial charge in [-0.2, -0.15) is 0 Å². The molecule has 24 heavy (non-hydrogen) atoms. The molecule has 0 saturated carbocycles. The van der Waals surface area contributed by atoms with Crippen LogP contribution in [0.5, 0.6) is 0 Å². The number of carbonyl (C=O) groups is 1. The molecule has 0 aliphatic carbocycles. The van der Waals surface area contributed by atoms with Crippen LogP contribution in [0.3, 0.4) is 0 Å². The summed E-state index contributed by atoms with van der Waals surface area (Å²) in [5, 5.41) is 3.32. The summed E-state index contributed by atoms with van der Waals surface area (Å²) in [5.74, 6) is 0.893. The maximum absolute atomic E-state index is 12.2. The molecule has 2 aliphatic rings. The number of ether oxygens (including phenoxy) is 1. The number of carbonyl (C=O) groups excluding carboxylic acids is 1. The number of hydrogen-bond acceptors (Lipinski definition) is 4. The molecule has 1 amide bonds. The Balaban J connectivity index is 0.00000104. The van der Waals surface area contributed by atoms with Crippen LogP contribution in [0.15, 0.2) is 24.3 Å². The zero-order valence-corrected chi connectivity index (χ0v) is 15.2. The largest absolute Gasteiger partial charge is 0.441 e. The maximum atomic E-state index is 12.2. The van der Waals surface area contributed by atoms with Gasteiger partial charge < -0.3 is 14.6 Å². The molecule has 2 saturated heterocycles. The van der Waals surface area contributed by atoms with Crippen molar-refractivity contribution in [1.29, 1.82) is 0 Å². The molecule has 3 heterocycles. The van der Waals surface area contributed by atoms with E-state index < -0.39 is 0 Å². The van der Waals surface area contributed by atoms with Crippen molar-refractivity contribution < 1.29 is 9.53 Å². The van der Waals surface area contributed by atoms with Crippen LogP contribution in [-0.2, 0) is 18.3 Å². The highest BCUT2D eigenvalue weighted by Crippen LogP contribution is 2.32. The van der Waals surface area contributed by atoms with E-state index in [4.69, 9.17) is 4.74 Å². The van der Waals surface area contributed by atoms with Gasteiger partial charge in [0.15, 0.2) is 0 Å². The van der Waals surface area contributed by atoms with Crippen LogP contribution < -0.4 is 5.32 Å². The van der Waals surface area contributed by atoms with Gasteiger partial charge in [0.2, 0.25) is 0 Å². The van der Waals surface area contributed by atoms with E-state index in [0.29, 0.717) is 13.1 Å². The number of benzene rings is 1. The van der Waals surface area contributed by atoms with Crippen LogP contribution in [0.4, 0.5) is 4.79 Å². The van der Waals surface area contributed by atoms with E-state index in [1.54, 1.807) is 4.90 Å². The minimum atomic E-state index is -0.299.